The van der Waals surface area contributed by atoms with Gasteiger partial charge >= 0.3 is 5.97 Å². The van der Waals surface area contributed by atoms with Gasteiger partial charge in [0, 0.05) is 17.7 Å². The van der Waals surface area contributed by atoms with Gasteiger partial charge in [0.25, 0.3) is 5.91 Å². The highest BCUT2D eigenvalue weighted by atomic mass is 32.1. The van der Waals surface area contributed by atoms with Gasteiger partial charge in [0.05, 0.1) is 11.3 Å². The number of amides is 1. The standard InChI is InChI=1S/C24H21N3O4S/c1-16(24(29)25-19-11-6-5-10-18(19)17-8-3-2-4-9-17)30-22(28)14-13-21-26-23(27-31-21)20-12-7-15-32-20/h2-12,15-16H,13-14H2,1H3,(H,25,29)/t16-/m0/s1. The number of anilines is 1. The largest absolute Gasteiger partial charge is 0.453 e. The minimum absolute atomic E-state index is 0.0320. The first-order chi connectivity index (χ1) is 15.6. The van der Waals surface area contributed by atoms with Crippen LogP contribution in [0.2, 0.25) is 0 Å². The quantitative estimate of drug-likeness (QED) is 0.383. The fourth-order valence-electron chi connectivity index (χ4n) is 3.08. The number of rotatable bonds is 8. The summed E-state index contributed by atoms with van der Waals surface area (Å²) in [5.74, 6) is -0.0770. The van der Waals surface area contributed by atoms with Gasteiger partial charge in [-0.3, -0.25) is 9.59 Å². The number of carbonyl (C=O) groups is 2. The van der Waals surface area contributed by atoms with E-state index in [-0.39, 0.29) is 12.8 Å². The molecule has 0 bridgehead atoms. The zero-order chi connectivity index (χ0) is 22.3. The van der Waals surface area contributed by atoms with Gasteiger partial charge in [-0.15, -0.1) is 11.3 Å². The maximum absolute atomic E-state index is 12.6. The Kier molecular flexibility index (Phi) is 6.72. The lowest BCUT2D eigenvalue weighted by molar-refractivity contribution is -0.153. The smallest absolute Gasteiger partial charge is 0.307 e. The molecule has 0 spiro atoms. The molecule has 0 aliphatic rings. The molecule has 2 aromatic heterocycles. The molecule has 32 heavy (non-hydrogen) atoms. The fourth-order valence-corrected chi connectivity index (χ4v) is 3.73. The van der Waals surface area contributed by atoms with E-state index in [0.29, 0.717) is 17.4 Å². The van der Waals surface area contributed by atoms with E-state index in [4.69, 9.17) is 9.26 Å². The summed E-state index contributed by atoms with van der Waals surface area (Å²) < 4.78 is 10.5. The predicted molar refractivity (Wildman–Crippen MR) is 122 cm³/mol. The van der Waals surface area contributed by atoms with E-state index in [1.807, 2.05) is 72.1 Å². The molecule has 1 amide bonds. The van der Waals surface area contributed by atoms with Crippen molar-refractivity contribution in [2.45, 2.75) is 25.9 Å². The lowest BCUT2D eigenvalue weighted by Gasteiger charge is -2.15. The molecule has 0 aliphatic carbocycles. The highest BCUT2D eigenvalue weighted by Gasteiger charge is 2.20. The van der Waals surface area contributed by atoms with E-state index < -0.39 is 18.0 Å². The average molecular weight is 448 g/mol. The summed E-state index contributed by atoms with van der Waals surface area (Å²) in [7, 11) is 0. The molecule has 2 heterocycles. The van der Waals surface area contributed by atoms with Gasteiger partial charge in [0.15, 0.2) is 6.10 Å². The van der Waals surface area contributed by atoms with Crippen molar-refractivity contribution in [2.24, 2.45) is 0 Å². The van der Waals surface area contributed by atoms with Crippen LogP contribution in [0.1, 0.15) is 19.2 Å². The van der Waals surface area contributed by atoms with Crippen LogP contribution in [0.5, 0.6) is 0 Å². The van der Waals surface area contributed by atoms with E-state index in [9.17, 15) is 9.59 Å². The molecule has 0 saturated carbocycles. The van der Waals surface area contributed by atoms with Gasteiger partial charge in [0.2, 0.25) is 11.7 Å². The van der Waals surface area contributed by atoms with Crippen molar-refractivity contribution < 1.29 is 18.8 Å². The Balaban J connectivity index is 1.31. The van der Waals surface area contributed by atoms with Crippen molar-refractivity contribution in [2.75, 3.05) is 5.32 Å². The van der Waals surface area contributed by atoms with E-state index in [0.717, 1.165) is 16.0 Å². The number of ether oxygens (including phenoxy) is 1. The van der Waals surface area contributed by atoms with Crippen molar-refractivity contribution in [1.29, 1.82) is 0 Å². The van der Waals surface area contributed by atoms with Gasteiger partial charge in [-0.1, -0.05) is 59.8 Å². The first-order valence-electron chi connectivity index (χ1n) is 10.1. The number of benzene rings is 2. The molecular formula is C24H21N3O4S. The van der Waals surface area contributed by atoms with Crippen molar-refractivity contribution in [3.05, 3.63) is 78.0 Å². The van der Waals surface area contributed by atoms with Crippen LogP contribution in [0.4, 0.5) is 5.69 Å². The number of hydrogen-bond donors (Lipinski definition) is 1. The number of nitrogens with one attached hydrogen (secondary N) is 1. The van der Waals surface area contributed by atoms with E-state index in [2.05, 4.69) is 15.5 Å². The molecule has 0 fully saturated rings. The van der Waals surface area contributed by atoms with Gasteiger partial charge in [0.1, 0.15) is 0 Å². The molecule has 0 aliphatic heterocycles. The summed E-state index contributed by atoms with van der Waals surface area (Å²) in [6.07, 6.45) is -0.678. The lowest BCUT2D eigenvalue weighted by Crippen LogP contribution is -2.30. The third-order valence-corrected chi connectivity index (χ3v) is 5.57. The number of nitrogens with zero attached hydrogens (tertiary/aromatic N) is 2. The second-order valence-corrected chi connectivity index (χ2v) is 7.97. The van der Waals surface area contributed by atoms with Crippen LogP contribution in [0.15, 0.2) is 76.6 Å². The molecule has 7 nitrogen and oxygen atoms in total. The molecule has 8 heteroatoms. The maximum Gasteiger partial charge on any atom is 0.307 e. The molecule has 0 saturated heterocycles. The van der Waals surface area contributed by atoms with Crippen molar-refractivity contribution in [3.8, 4) is 21.8 Å². The summed E-state index contributed by atoms with van der Waals surface area (Å²) in [5, 5.41) is 8.69. The van der Waals surface area contributed by atoms with E-state index in [1.54, 1.807) is 6.92 Å². The zero-order valence-corrected chi connectivity index (χ0v) is 18.2. The molecule has 0 radical (unpaired) electrons. The van der Waals surface area contributed by atoms with E-state index >= 15 is 0 Å². The minimum atomic E-state index is -0.948. The number of thiophene rings is 1. The van der Waals surface area contributed by atoms with Crippen molar-refractivity contribution >= 4 is 28.9 Å². The van der Waals surface area contributed by atoms with Crippen LogP contribution in [0.3, 0.4) is 0 Å². The van der Waals surface area contributed by atoms with Gasteiger partial charge < -0.3 is 14.6 Å². The van der Waals surface area contributed by atoms with Crippen molar-refractivity contribution in [3.63, 3.8) is 0 Å². The minimum Gasteiger partial charge on any atom is -0.453 e. The van der Waals surface area contributed by atoms with Crippen LogP contribution in [0, 0.1) is 0 Å². The summed E-state index contributed by atoms with van der Waals surface area (Å²) in [6.45, 7) is 1.54. The molecule has 1 atom stereocenters. The topological polar surface area (TPSA) is 94.3 Å². The van der Waals surface area contributed by atoms with E-state index in [1.165, 1.54) is 11.3 Å². The third-order valence-electron chi connectivity index (χ3n) is 4.70. The molecular weight excluding hydrogens is 426 g/mol. The number of para-hydroxylation sites is 1. The molecule has 4 rings (SSSR count). The Morgan fingerprint density at radius 1 is 1.06 bits per heavy atom. The molecule has 162 valence electrons. The number of aromatic nitrogens is 2. The molecule has 1 N–H and O–H groups in total. The zero-order valence-electron chi connectivity index (χ0n) is 17.4. The van der Waals surface area contributed by atoms with Gasteiger partial charge in [-0.05, 0) is 30.0 Å². The van der Waals surface area contributed by atoms with Crippen LogP contribution >= 0.6 is 11.3 Å². The Morgan fingerprint density at radius 2 is 1.84 bits per heavy atom. The maximum atomic E-state index is 12.6. The normalized spacial score (nSPS) is 11.7. The number of hydrogen-bond acceptors (Lipinski definition) is 7. The highest BCUT2D eigenvalue weighted by molar-refractivity contribution is 7.13. The summed E-state index contributed by atoms with van der Waals surface area (Å²) in [6, 6.07) is 21.0. The van der Waals surface area contributed by atoms with Gasteiger partial charge in [-0.25, -0.2) is 0 Å². The molecule has 4 aromatic rings. The fraction of sp³-hybridized carbons (Fsp3) is 0.167. The Morgan fingerprint density at radius 3 is 2.62 bits per heavy atom. The molecule has 2 aromatic carbocycles. The van der Waals surface area contributed by atoms with Crippen LogP contribution in [-0.4, -0.2) is 28.1 Å². The monoisotopic (exact) mass is 447 g/mol. The van der Waals surface area contributed by atoms with Crippen LogP contribution in [0.25, 0.3) is 21.8 Å². The second-order valence-electron chi connectivity index (χ2n) is 7.02. The average Bonchev–Trinajstić information content (AvgIpc) is 3.51. The first kappa shape index (κ1) is 21.5. The number of carbonyl (C=O) groups excluding carboxylic acids is 2. The SMILES string of the molecule is C[C@H](OC(=O)CCc1nc(-c2cccs2)no1)C(=O)Nc1ccccc1-c1ccccc1. The Bertz CT molecular complexity index is 1190. The van der Waals surface area contributed by atoms with Crippen molar-refractivity contribution in [1.82, 2.24) is 10.1 Å². The molecule has 0 unspecified atom stereocenters. The Labute approximate surface area is 189 Å². The summed E-state index contributed by atoms with van der Waals surface area (Å²) >= 11 is 1.50. The number of esters is 1. The third kappa shape index (κ3) is 5.28. The first-order valence-corrected chi connectivity index (χ1v) is 11.0. The predicted octanol–water partition coefficient (Wildman–Crippen LogP) is 4.97. The Hall–Kier alpha value is -3.78. The summed E-state index contributed by atoms with van der Waals surface area (Å²) in [5.41, 5.74) is 2.52. The van der Waals surface area contributed by atoms with Crippen LogP contribution in [-0.2, 0) is 20.7 Å². The van der Waals surface area contributed by atoms with Gasteiger partial charge in [-0.2, -0.15) is 4.98 Å². The second kappa shape index (κ2) is 10.0. The van der Waals surface area contributed by atoms with Crippen LogP contribution < -0.4 is 5.32 Å². The number of aryl methyl sites for hydroxylation is 1. The highest BCUT2D eigenvalue weighted by Crippen LogP contribution is 2.27. The summed E-state index contributed by atoms with van der Waals surface area (Å²) in [4.78, 5) is 30.0. The lowest BCUT2D eigenvalue weighted by atomic mass is 10.0.